The van der Waals surface area contributed by atoms with Crippen molar-refractivity contribution in [1.29, 1.82) is 0 Å². The van der Waals surface area contributed by atoms with Crippen molar-refractivity contribution in [3.8, 4) is 5.75 Å². The Morgan fingerprint density at radius 3 is 2.95 bits per heavy atom. The van der Waals surface area contributed by atoms with Gasteiger partial charge in [0, 0.05) is 11.8 Å². The molecule has 0 radical (unpaired) electrons. The maximum absolute atomic E-state index is 12.0. The van der Waals surface area contributed by atoms with Gasteiger partial charge < -0.3 is 10.1 Å². The Balaban J connectivity index is 1.98. The van der Waals surface area contributed by atoms with Crippen molar-refractivity contribution in [3.63, 3.8) is 0 Å². The third kappa shape index (κ3) is 3.19. The molecule has 1 saturated heterocycles. The molecule has 4 nitrogen and oxygen atoms in total. The lowest BCUT2D eigenvalue weighted by Crippen LogP contribution is -2.35. The largest absolute Gasteiger partial charge is 0.497 e. The second-order valence-corrected chi connectivity index (χ2v) is 5.95. The molecule has 1 aliphatic heterocycles. The van der Waals surface area contributed by atoms with Gasteiger partial charge in [0.15, 0.2) is 0 Å². The molecule has 1 atom stereocenters. The average molecular weight is 296 g/mol. The summed E-state index contributed by atoms with van der Waals surface area (Å²) in [5, 5.41) is 3.16. The summed E-state index contributed by atoms with van der Waals surface area (Å²) >= 11 is 6.70. The molecular formula is C13H16N2O2S2. The van der Waals surface area contributed by atoms with Gasteiger partial charge in [-0.2, -0.15) is 0 Å². The molecule has 1 N–H and O–H groups in total. The van der Waals surface area contributed by atoms with Gasteiger partial charge in [-0.15, -0.1) is 0 Å². The van der Waals surface area contributed by atoms with Crippen LogP contribution in [0.1, 0.15) is 13.3 Å². The molecule has 1 aromatic rings. The Labute approximate surface area is 122 Å². The number of thioether (sulfide) groups is 1. The number of methoxy groups -OCH3 is 1. The van der Waals surface area contributed by atoms with Gasteiger partial charge in [-0.05, 0) is 18.6 Å². The second kappa shape index (κ2) is 6.25. The van der Waals surface area contributed by atoms with E-state index in [0.717, 1.165) is 17.9 Å². The number of carbonyl (C=O) groups is 1. The van der Waals surface area contributed by atoms with E-state index >= 15 is 0 Å². The number of hydrogen-bond donors (Lipinski definition) is 1. The molecule has 0 aromatic heterocycles. The minimum atomic E-state index is -0.0281. The fourth-order valence-corrected chi connectivity index (χ4v) is 3.23. The quantitative estimate of drug-likeness (QED) is 0.846. The zero-order valence-electron chi connectivity index (χ0n) is 10.9. The first-order valence-electron chi connectivity index (χ1n) is 6.05. The molecule has 102 valence electrons. The van der Waals surface area contributed by atoms with Crippen molar-refractivity contribution in [1.82, 2.24) is 4.90 Å². The summed E-state index contributed by atoms with van der Waals surface area (Å²) in [7, 11) is 1.63. The third-order valence-corrected chi connectivity index (χ3v) is 4.64. The molecule has 1 unspecified atom stereocenters. The highest BCUT2D eigenvalue weighted by molar-refractivity contribution is 8.24. The van der Waals surface area contributed by atoms with E-state index in [1.165, 1.54) is 11.8 Å². The molecule has 1 heterocycles. The van der Waals surface area contributed by atoms with Crippen LogP contribution in [-0.4, -0.2) is 34.2 Å². The van der Waals surface area contributed by atoms with Crippen LogP contribution >= 0.6 is 24.0 Å². The minimum Gasteiger partial charge on any atom is -0.497 e. The smallest absolute Gasteiger partial charge is 0.243 e. The van der Waals surface area contributed by atoms with E-state index in [9.17, 15) is 4.79 Å². The number of hydrogen-bond acceptors (Lipinski definition) is 5. The molecule has 1 aromatic carbocycles. The Kier molecular flexibility index (Phi) is 4.66. The first-order chi connectivity index (χ1) is 9.15. The highest BCUT2D eigenvalue weighted by Gasteiger charge is 2.35. The van der Waals surface area contributed by atoms with Crippen LogP contribution in [0.3, 0.4) is 0 Å². The van der Waals surface area contributed by atoms with E-state index in [1.54, 1.807) is 12.0 Å². The summed E-state index contributed by atoms with van der Waals surface area (Å²) in [5.41, 5.74) is 0.903. The van der Waals surface area contributed by atoms with Gasteiger partial charge in [-0.25, -0.2) is 0 Å². The van der Waals surface area contributed by atoms with E-state index in [4.69, 9.17) is 17.0 Å². The SMILES string of the molecule is CCC1SC(=S)N(CNc2cccc(OC)c2)C1=O. The Morgan fingerprint density at radius 1 is 1.53 bits per heavy atom. The highest BCUT2D eigenvalue weighted by atomic mass is 32.2. The standard InChI is InChI=1S/C13H16N2O2S2/c1-3-11-12(16)15(13(18)19-11)8-14-9-5-4-6-10(7-9)17-2/h4-7,11,14H,3,8H2,1-2H3. The van der Waals surface area contributed by atoms with E-state index in [2.05, 4.69) is 5.32 Å². The van der Waals surface area contributed by atoms with Gasteiger partial charge in [-0.3, -0.25) is 9.69 Å². The number of amides is 1. The van der Waals surface area contributed by atoms with Crippen molar-refractivity contribution in [2.75, 3.05) is 19.1 Å². The molecular weight excluding hydrogens is 280 g/mol. The maximum atomic E-state index is 12.0. The average Bonchev–Trinajstić information content (AvgIpc) is 2.71. The fraction of sp³-hybridized carbons (Fsp3) is 0.385. The zero-order valence-corrected chi connectivity index (χ0v) is 12.5. The van der Waals surface area contributed by atoms with Gasteiger partial charge in [0.2, 0.25) is 5.91 Å². The molecule has 0 spiro atoms. The molecule has 0 bridgehead atoms. The van der Waals surface area contributed by atoms with Crippen molar-refractivity contribution in [3.05, 3.63) is 24.3 Å². The predicted molar refractivity (Wildman–Crippen MR) is 82.6 cm³/mol. The molecule has 0 saturated carbocycles. The van der Waals surface area contributed by atoms with E-state index < -0.39 is 0 Å². The first kappa shape index (κ1) is 14.1. The van der Waals surface area contributed by atoms with Gasteiger partial charge in [0.25, 0.3) is 0 Å². The first-order valence-corrected chi connectivity index (χ1v) is 7.34. The predicted octanol–water partition coefficient (Wildman–Crippen LogP) is 2.70. The number of anilines is 1. The van der Waals surface area contributed by atoms with Crippen LogP contribution < -0.4 is 10.1 Å². The van der Waals surface area contributed by atoms with Gasteiger partial charge in [0.1, 0.15) is 10.1 Å². The number of carbonyl (C=O) groups excluding carboxylic acids is 1. The van der Waals surface area contributed by atoms with Crippen LogP contribution in [-0.2, 0) is 4.79 Å². The maximum Gasteiger partial charge on any atom is 0.243 e. The number of ether oxygens (including phenoxy) is 1. The summed E-state index contributed by atoms with van der Waals surface area (Å²) in [6.07, 6.45) is 0.805. The lowest BCUT2D eigenvalue weighted by atomic mass is 10.3. The van der Waals surface area contributed by atoms with Crippen molar-refractivity contribution in [2.24, 2.45) is 0 Å². The number of thiocarbonyl (C=S) groups is 1. The Morgan fingerprint density at radius 2 is 2.32 bits per heavy atom. The van der Waals surface area contributed by atoms with Crippen LogP contribution in [0.15, 0.2) is 24.3 Å². The summed E-state index contributed by atoms with van der Waals surface area (Å²) in [6, 6.07) is 7.58. The van der Waals surface area contributed by atoms with Gasteiger partial charge in [0.05, 0.1) is 19.0 Å². The van der Waals surface area contributed by atoms with Crippen molar-refractivity contribution in [2.45, 2.75) is 18.6 Å². The number of rotatable bonds is 5. The molecule has 2 rings (SSSR count). The molecule has 1 amide bonds. The third-order valence-electron chi connectivity index (χ3n) is 2.89. The van der Waals surface area contributed by atoms with Crippen molar-refractivity contribution >= 4 is 39.9 Å². The van der Waals surface area contributed by atoms with E-state index in [-0.39, 0.29) is 11.2 Å². The molecule has 1 fully saturated rings. The van der Waals surface area contributed by atoms with Crippen LogP contribution in [0.5, 0.6) is 5.75 Å². The molecule has 19 heavy (non-hydrogen) atoms. The number of nitrogens with one attached hydrogen (secondary N) is 1. The molecule has 6 heteroatoms. The van der Waals surface area contributed by atoms with E-state index in [0.29, 0.717) is 11.0 Å². The number of benzene rings is 1. The van der Waals surface area contributed by atoms with Crippen LogP contribution in [0.4, 0.5) is 5.69 Å². The Hall–Kier alpha value is -1.27. The molecule has 0 aliphatic carbocycles. The van der Waals surface area contributed by atoms with Crippen LogP contribution in [0.25, 0.3) is 0 Å². The lowest BCUT2D eigenvalue weighted by molar-refractivity contribution is -0.125. The molecule has 1 aliphatic rings. The summed E-state index contributed by atoms with van der Waals surface area (Å²) in [4.78, 5) is 13.7. The number of nitrogens with zero attached hydrogens (tertiary/aromatic N) is 1. The fourth-order valence-electron chi connectivity index (χ4n) is 1.80. The topological polar surface area (TPSA) is 41.6 Å². The summed E-state index contributed by atoms with van der Waals surface area (Å²) in [6.45, 7) is 2.39. The Bertz CT molecular complexity index is 493. The summed E-state index contributed by atoms with van der Waals surface area (Å²) in [5.74, 6) is 0.869. The van der Waals surface area contributed by atoms with E-state index in [1.807, 2.05) is 31.2 Å². The van der Waals surface area contributed by atoms with Crippen LogP contribution in [0, 0.1) is 0 Å². The van der Waals surface area contributed by atoms with Gasteiger partial charge in [-0.1, -0.05) is 37.0 Å². The zero-order chi connectivity index (χ0) is 13.8. The second-order valence-electron chi connectivity index (χ2n) is 4.11. The van der Waals surface area contributed by atoms with Gasteiger partial charge >= 0.3 is 0 Å². The lowest BCUT2D eigenvalue weighted by Gasteiger charge is -2.17. The monoisotopic (exact) mass is 296 g/mol. The normalized spacial score (nSPS) is 18.8. The van der Waals surface area contributed by atoms with Crippen molar-refractivity contribution < 1.29 is 9.53 Å². The highest BCUT2D eigenvalue weighted by Crippen LogP contribution is 2.29. The summed E-state index contributed by atoms with van der Waals surface area (Å²) < 4.78 is 5.80. The van der Waals surface area contributed by atoms with Crippen LogP contribution in [0.2, 0.25) is 0 Å². The minimum absolute atomic E-state index is 0.0281.